The normalized spacial score (nSPS) is 32.7. The smallest absolute Gasteiger partial charge is 0.410 e. The van der Waals surface area contributed by atoms with Gasteiger partial charge >= 0.3 is 6.09 Å². The first-order valence-electron chi connectivity index (χ1n) is 11.9. The van der Waals surface area contributed by atoms with E-state index in [4.69, 9.17) is 14.3 Å². The number of fused-ring (bicyclic) bond motifs is 1. The number of hydrogen-bond donors (Lipinski definition) is 0. The monoisotopic (exact) mass is 450 g/mol. The Kier molecular flexibility index (Phi) is 6.07. The largest absolute Gasteiger partial charge is 0.470 e. The van der Waals surface area contributed by atoms with E-state index in [9.17, 15) is 9.59 Å². The van der Waals surface area contributed by atoms with Crippen LogP contribution >= 0.6 is 0 Å². The van der Waals surface area contributed by atoms with Gasteiger partial charge in [0.15, 0.2) is 6.61 Å². The van der Waals surface area contributed by atoms with Crippen molar-refractivity contribution in [1.29, 1.82) is 0 Å². The van der Waals surface area contributed by atoms with E-state index in [1.807, 2.05) is 20.8 Å². The maximum atomic E-state index is 13.4. The molecule has 4 aliphatic rings. The number of amides is 2. The third-order valence-electron chi connectivity index (χ3n) is 7.29. The van der Waals surface area contributed by atoms with Gasteiger partial charge in [-0.05, 0) is 59.5 Å². The Balaban J connectivity index is 1.56. The summed E-state index contributed by atoms with van der Waals surface area (Å²) in [4.78, 5) is 37.7. The van der Waals surface area contributed by atoms with Gasteiger partial charge in [-0.15, -0.1) is 0 Å². The summed E-state index contributed by atoms with van der Waals surface area (Å²) in [5.74, 6) is 0.470. The zero-order valence-electron chi connectivity index (χ0n) is 20.2. The SMILES string of the molecule is CN(C)C(=O)[C@@]12CC[C@]1(C1=NOCC(CN3CCCCC3)O1)CN(C(=O)OC(C)(C)C)C2. The van der Waals surface area contributed by atoms with Crippen LogP contribution in [0.3, 0.4) is 0 Å². The molecule has 4 rings (SSSR count). The summed E-state index contributed by atoms with van der Waals surface area (Å²) in [7, 11) is 3.52. The second-order valence-electron chi connectivity index (χ2n) is 11.0. The summed E-state index contributed by atoms with van der Waals surface area (Å²) in [6.07, 6.45) is 4.59. The number of oxime groups is 1. The maximum absolute atomic E-state index is 13.4. The van der Waals surface area contributed by atoms with E-state index in [0.29, 0.717) is 32.0 Å². The Bertz CT molecular complexity index is 773. The van der Waals surface area contributed by atoms with Gasteiger partial charge in [0.25, 0.3) is 0 Å². The topological polar surface area (TPSA) is 83.9 Å². The molecule has 0 radical (unpaired) electrons. The molecule has 1 aliphatic carbocycles. The van der Waals surface area contributed by atoms with Gasteiger partial charge in [0, 0.05) is 33.7 Å². The molecule has 2 amide bonds. The number of nitrogens with zero attached hydrogens (tertiary/aromatic N) is 4. The van der Waals surface area contributed by atoms with Gasteiger partial charge in [0.2, 0.25) is 11.8 Å². The van der Waals surface area contributed by atoms with Crippen molar-refractivity contribution in [2.24, 2.45) is 16.0 Å². The molecule has 0 aromatic heterocycles. The molecule has 9 nitrogen and oxygen atoms in total. The molecular weight excluding hydrogens is 412 g/mol. The highest BCUT2D eigenvalue weighted by Gasteiger charge is 2.73. The average Bonchev–Trinajstić information content (AvgIpc) is 2.95. The van der Waals surface area contributed by atoms with E-state index in [1.54, 1.807) is 23.9 Å². The number of piperidine rings is 1. The quantitative estimate of drug-likeness (QED) is 0.654. The van der Waals surface area contributed by atoms with Crippen LogP contribution in [0.2, 0.25) is 0 Å². The number of likely N-dealkylation sites (tertiary alicyclic amines) is 2. The van der Waals surface area contributed by atoms with Gasteiger partial charge in [-0.3, -0.25) is 9.69 Å². The molecule has 3 fully saturated rings. The van der Waals surface area contributed by atoms with Gasteiger partial charge in [0.1, 0.15) is 11.7 Å². The van der Waals surface area contributed by atoms with E-state index in [2.05, 4.69) is 10.1 Å². The van der Waals surface area contributed by atoms with Crippen molar-refractivity contribution in [2.45, 2.75) is 64.6 Å². The zero-order chi connectivity index (χ0) is 23.1. The molecule has 32 heavy (non-hydrogen) atoms. The molecule has 3 atom stereocenters. The van der Waals surface area contributed by atoms with Gasteiger partial charge < -0.3 is 24.1 Å². The summed E-state index contributed by atoms with van der Waals surface area (Å²) in [6.45, 7) is 9.54. The predicted octanol–water partition coefficient (Wildman–Crippen LogP) is 2.31. The van der Waals surface area contributed by atoms with Crippen LogP contribution in [0.4, 0.5) is 4.79 Å². The first kappa shape index (κ1) is 23.1. The lowest BCUT2D eigenvalue weighted by Gasteiger charge is -2.53. The van der Waals surface area contributed by atoms with Gasteiger partial charge in [-0.1, -0.05) is 11.6 Å². The molecule has 0 N–H and O–H groups in total. The van der Waals surface area contributed by atoms with Crippen LogP contribution in [0.1, 0.15) is 52.9 Å². The second-order valence-corrected chi connectivity index (χ2v) is 11.0. The van der Waals surface area contributed by atoms with E-state index in [0.717, 1.165) is 26.1 Å². The highest BCUT2D eigenvalue weighted by Crippen LogP contribution is 2.63. The fourth-order valence-electron chi connectivity index (χ4n) is 5.65. The first-order valence-corrected chi connectivity index (χ1v) is 11.9. The van der Waals surface area contributed by atoms with Crippen molar-refractivity contribution in [3.8, 4) is 0 Å². The number of carbonyl (C=O) groups excluding carboxylic acids is 2. The summed E-state index contributed by atoms with van der Waals surface area (Å²) in [5, 5.41) is 4.31. The highest BCUT2D eigenvalue weighted by molar-refractivity contribution is 5.97. The molecule has 0 aromatic carbocycles. The summed E-state index contributed by atoms with van der Waals surface area (Å²) < 4.78 is 12.0. The minimum Gasteiger partial charge on any atom is -0.470 e. The predicted molar refractivity (Wildman–Crippen MR) is 119 cm³/mol. The number of ether oxygens (including phenoxy) is 2. The van der Waals surface area contributed by atoms with E-state index >= 15 is 0 Å². The lowest BCUT2D eigenvalue weighted by molar-refractivity contribution is -0.153. The van der Waals surface area contributed by atoms with Crippen molar-refractivity contribution < 1.29 is 23.9 Å². The Morgan fingerprint density at radius 1 is 1.16 bits per heavy atom. The maximum Gasteiger partial charge on any atom is 0.410 e. The molecule has 0 bridgehead atoms. The standard InChI is InChI=1S/C23H38N4O5/c1-21(2,3)32-20(29)27-15-22(9-10-23(22,16-27)19(28)25(4)5)18-24-30-14-17(31-18)13-26-11-7-6-8-12-26/h17H,6-16H2,1-5H3/t17?,22-,23+/m1/s1. The van der Waals surface area contributed by atoms with Crippen LogP contribution in [0.25, 0.3) is 0 Å². The average molecular weight is 451 g/mol. The van der Waals surface area contributed by atoms with Crippen molar-refractivity contribution >= 4 is 17.9 Å². The van der Waals surface area contributed by atoms with Crippen molar-refractivity contribution in [3.63, 3.8) is 0 Å². The fraction of sp³-hybridized carbons (Fsp3) is 0.870. The molecule has 1 saturated carbocycles. The Morgan fingerprint density at radius 2 is 1.88 bits per heavy atom. The lowest BCUT2D eigenvalue weighted by Crippen LogP contribution is -2.63. The molecule has 3 aliphatic heterocycles. The van der Waals surface area contributed by atoms with Crippen LogP contribution in [-0.4, -0.2) is 97.7 Å². The van der Waals surface area contributed by atoms with E-state index in [-0.39, 0.29) is 12.0 Å². The summed E-state index contributed by atoms with van der Waals surface area (Å²) >= 11 is 0. The highest BCUT2D eigenvalue weighted by atomic mass is 16.7. The van der Waals surface area contributed by atoms with Crippen LogP contribution in [0.5, 0.6) is 0 Å². The van der Waals surface area contributed by atoms with Crippen LogP contribution in [0, 0.1) is 10.8 Å². The second kappa shape index (κ2) is 8.39. The third kappa shape index (κ3) is 4.04. The molecule has 0 spiro atoms. The lowest BCUT2D eigenvalue weighted by atomic mass is 9.50. The molecular formula is C23H38N4O5. The minimum atomic E-state index is -0.761. The molecule has 3 heterocycles. The Hall–Kier alpha value is -2.03. The third-order valence-corrected chi connectivity index (χ3v) is 7.29. The van der Waals surface area contributed by atoms with Gasteiger partial charge in [-0.2, -0.15) is 0 Å². The zero-order valence-corrected chi connectivity index (χ0v) is 20.2. The van der Waals surface area contributed by atoms with Crippen LogP contribution in [0.15, 0.2) is 5.16 Å². The number of rotatable bonds is 4. The van der Waals surface area contributed by atoms with Crippen LogP contribution in [-0.2, 0) is 19.1 Å². The molecule has 0 aromatic rings. The van der Waals surface area contributed by atoms with Crippen molar-refractivity contribution in [2.75, 3.05) is 53.4 Å². The molecule has 180 valence electrons. The van der Waals surface area contributed by atoms with Crippen molar-refractivity contribution in [3.05, 3.63) is 0 Å². The summed E-state index contributed by atoms with van der Waals surface area (Å²) in [6, 6.07) is 0. The van der Waals surface area contributed by atoms with Gasteiger partial charge in [0.05, 0.1) is 10.8 Å². The molecule has 2 saturated heterocycles. The van der Waals surface area contributed by atoms with Crippen LogP contribution < -0.4 is 0 Å². The minimum absolute atomic E-state index is 0.000683. The molecule has 1 unspecified atom stereocenters. The van der Waals surface area contributed by atoms with Gasteiger partial charge in [-0.25, -0.2) is 4.79 Å². The number of carbonyl (C=O) groups is 2. The Morgan fingerprint density at radius 3 is 2.47 bits per heavy atom. The number of hydrogen-bond acceptors (Lipinski definition) is 7. The first-order chi connectivity index (χ1) is 15.1. The van der Waals surface area contributed by atoms with E-state index < -0.39 is 22.5 Å². The van der Waals surface area contributed by atoms with E-state index in [1.165, 1.54) is 19.3 Å². The summed E-state index contributed by atoms with van der Waals surface area (Å²) in [5.41, 5.74) is -2.04. The Labute approximate surface area is 191 Å². The van der Waals surface area contributed by atoms with Crippen molar-refractivity contribution in [1.82, 2.24) is 14.7 Å². The molecule has 9 heteroatoms. The fourth-order valence-corrected chi connectivity index (χ4v) is 5.65.